The third-order valence-electron chi connectivity index (χ3n) is 5.44. The van der Waals surface area contributed by atoms with E-state index in [-0.39, 0.29) is 11.6 Å². The molecule has 0 radical (unpaired) electrons. The first-order chi connectivity index (χ1) is 13.6. The Kier molecular flexibility index (Phi) is 4.86. The third kappa shape index (κ3) is 3.38. The molecule has 6 heteroatoms. The first-order valence-corrected chi connectivity index (χ1v) is 9.51. The van der Waals surface area contributed by atoms with Gasteiger partial charge in [-0.25, -0.2) is 9.97 Å². The van der Waals surface area contributed by atoms with Crippen LogP contribution in [0.15, 0.2) is 47.4 Å². The number of hydrogen-bond donors (Lipinski definition) is 1. The lowest BCUT2D eigenvalue weighted by atomic mass is 10.0. The Morgan fingerprint density at radius 2 is 2.07 bits per heavy atom. The highest BCUT2D eigenvalue weighted by Crippen LogP contribution is 2.36. The molecule has 0 aliphatic carbocycles. The molecule has 1 atom stereocenters. The third-order valence-corrected chi connectivity index (χ3v) is 5.44. The van der Waals surface area contributed by atoms with E-state index in [0.717, 1.165) is 42.2 Å². The fourth-order valence-corrected chi connectivity index (χ4v) is 3.71. The van der Waals surface area contributed by atoms with Crippen molar-refractivity contribution in [2.24, 2.45) is 0 Å². The Labute approximate surface area is 164 Å². The number of anilines is 1. The largest absolute Gasteiger partial charge is 0.497 e. The number of H-pyrrole nitrogens is 1. The quantitative estimate of drug-likeness (QED) is 0.750. The van der Waals surface area contributed by atoms with E-state index in [1.54, 1.807) is 20.2 Å². The van der Waals surface area contributed by atoms with Gasteiger partial charge in [0, 0.05) is 29.6 Å². The van der Waals surface area contributed by atoms with Gasteiger partial charge in [0.05, 0.1) is 13.2 Å². The lowest BCUT2D eigenvalue weighted by Gasteiger charge is -2.26. The number of nitrogens with one attached hydrogen (secondary N) is 1. The number of aryl methyl sites for hydroxylation is 1. The summed E-state index contributed by atoms with van der Waals surface area (Å²) < 4.78 is 5.38. The van der Waals surface area contributed by atoms with E-state index >= 15 is 0 Å². The predicted octanol–water partition coefficient (Wildman–Crippen LogP) is 3.80. The van der Waals surface area contributed by atoms with Crippen LogP contribution in [0.25, 0.3) is 11.4 Å². The first-order valence-electron chi connectivity index (χ1n) is 9.51. The minimum atomic E-state index is -0.107. The summed E-state index contributed by atoms with van der Waals surface area (Å²) in [6, 6.07) is 12.5. The van der Waals surface area contributed by atoms with Crippen molar-refractivity contribution < 1.29 is 4.74 Å². The van der Waals surface area contributed by atoms with Gasteiger partial charge in [0.1, 0.15) is 17.4 Å². The predicted molar refractivity (Wildman–Crippen MR) is 110 cm³/mol. The number of nitrogens with zero attached hydrogens (tertiary/aromatic N) is 3. The maximum absolute atomic E-state index is 12.0. The van der Waals surface area contributed by atoms with Gasteiger partial charge in [-0.3, -0.25) is 4.79 Å². The minimum Gasteiger partial charge on any atom is -0.497 e. The molecule has 28 heavy (non-hydrogen) atoms. The molecule has 3 heterocycles. The second kappa shape index (κ2) is 7.46. The van der Waals surface area contributed by atoms with E-state index in [4.69, 9.17) is 4.74 Å². The van der Waals surface area contributed by atoms with Crippen molar-refractivity contribution in [2.45, 2.75) is 32.7 Å². The standard InChI is InChI=1S/C22H24N4O2/c1-14-15(2)24-21(25-22(14)27)17-9-10-20(23-13-17)26-11-5-8-19(26)16-6-4-7-18(12-16)28-3/h4,6-7,9-10,12-13,19H,5,8,11H2,1-3H3,(H,24,25,27). The zero-order valence-electron chi connectivity index (χ0n) is 16.4. The summed E-state index contributed by atoms with van der Waals surface area (Å²) in [6.45, 7) is 4.59. The molecule has 144 valence electrons. The second-order valence-electron chi connectivity index (χ2n) is 7.16. The van der Waals surface area contributed by atoms with Gasteiger partial charge in [0.25, 0.3) is 5.56 Å². The smallest absolute Gasteiger partial charge is 0.254 e. The molecule has 0 bridgehead atoms. The van der Waals surface area contributed by atoms with Crippen LogP contribution in [0, 0.1) is 13.8 Å². The maximum Gasteiger partial charge on any atom is 0.254 e. The van der Waals surface area contributed by atoms with Gasteiger partial charge < -0.3 is 14.6 Å². The molecule has 1 aliphatic heterocycles. The zero-order chi connectivity index (χ0) is 19.7. The number of aromatic amines is 1. The van der Waals surface area contributed by atoms with E-state index in [0.29, 0.717) is 11.4 Å². The van der Waals surface area contributed by atoms with Gasteiger partial charge in [-0.15, -0.1) is 0 Å². The lowest BCUT2D eigenvalue weighted by Crippen LogP contribution is -2.23. The van der Waals surface area contributed by atoms with Crippen molar-refractivity contribution in [3.8, 4) is 17.1 Å². The highest BCUT2D eigenvalue weighted by molar-refractivity contribution is 5.57. The van der Waals surface area contributed by atoms with Crippen molar-refractivity contribution in [2.75, 3.05) is 18.6 Å². The van der Waals surface area contributed by atoms with Gasteiger partial charge in [0.15, 0.2) is 0 Å². The van der Waals surface area contributed by atoms with Crippen LogP contribution in [0.3, 0.4) is 0 Å². The van der Waals surface area contributed by atoms with E-state index in [2.05, 4.69) is 32.0 Å². The van der Waals surface area contributed by atoms with E-state index in [1.165, 1.54) is 5.56 Å². The Morgan fingerprint density at radius 3 is 2.79 bits per heavy atom. The van der Waals surface area contributed by atoms with Gasteiger partial charge in [-0.05, 0) is 56.5 Å². The van der Waals surface area contributed by atoms with Crippen LogP contribution < -0.4 is 15.2 Å². The average Bonchev–Trinajstić information content (AvgIpc) is 3.22. The molecule has 1 N–H and O–H groups in total. The number of ether oxygens (including phenoxy) is 1. The van der Waals surface area contributed by atoms with Gasteiger partial charge in [-0.1, -0.05) is 12.1 Å². The molecule has 6 nitrogen and oxygen atoms in total. The molecule has 0 saturated carbocycles. The maximum atomic E-state index is 12.0. The van der Waals surface area contributed by atoms with Crippen LogP contribution in [0.1, 0.15) is 35.7 Å². The monoisotopic (exact) mass is 376 g/mol. The Bertz CT molecular complexity index is 1040. The SMILES string of the molecule is COc1cccc(C2CCCN2c2ccc(-c3nc(C)c(C)c(=O)[nH]3)cn2)c1. The number of rotatable bonds is 4. The molecule has 0 spiro atoms. The number of methoxy groups -OCH3 is 1. The van der Waals surface area contributed by atoms with Gasteiger partial charge in [0.2, 0.25) is 0 Å². The van der Waals surface area contributed by atoms with Crippen LogP contribution in [0.5, 0.6) is 5.75 Å². The van der Waals surface area contributed by atoms with Crippen molar-refractivity contribution in [3.05, 3.63) is 69.8 Å². The van der Waals surface area contributed by atoms with E-state index in [1.807, 2.05) is 31.2 Å². The number of aromatic nitrogens is 3. The first kappa shape index (κ1) is 18.2. The zero-order valence-corrected chi connectivity index (χ0v) is 16.4. The summed E-state index contributed by atoms with van der Waals surface area (Å²) in [6.07, 6.45) is 3.99. The van der Waals surface area contributed by atoms with Crippen LogP contribution in [-0.4, -0.2) is 28.6 Å². The average molecular weight is 376 g/mol. The molecule has 1 unspecified atom stereocenters. The highest BCUT2D eigenvalue weighted by Gasteiger charge is 2.27. The van der Waals surface area contributed by atoms with E-state index < -0.39 is 0 Å². The lowest BCUT2D eigenvalue weighted by molar-refractivity contribution is 0.414. The van der Waals surface area contributed by atoms with Crippen LogP contribution in [-0.2, 0) is 0 Å². The van der Waals surface area contributed by atoms with Gasteiger partial charge >= 0.3 is 0 Å². The highest BCUT2D eigenvalue weighted by atomic mass is 16.5. The minimum absolute atomic E-state index is 0.107. The Morgan fingerprint density at radius 1 is 1.21 bits per heavy atom. The molecule has 1 aromatic carbocycles. The number of hydrogen-bond acceptors (Lipinski definition) is 5. The molecule has 3 aromatic rings. The van der Waals surface area contributed by atoms with Crippen LogP contribution in [0.2, 0.25) is 0 Å². The molecule has 4 rings (SSSR count). The summed E-state index contributed by atoms with van der Waals surface area (Å²) >= 11 is 0. The second-order valence-corrected chi connectivity index (χ2v) is 7.16. The summed E-state index contributed by atoms with van der Waals surface area (Å²) in [5.41, 5.74) is 3.32. The topological polar surface area (TPSA) is 71.1 Å². The van der Waals surface area contributed by atoms with Crippen molar-refractivity contribution in [1.29, 1.82) is 0 Å². The normalized spacial score (nSPS) is 16.4. The number of pyridine rings is 1. The molecule has 0 amide bonds. The van der Waals surface area contributed by atoms with E-state index in [9.17, 15) is 4.79 Å². The van der Waals surface area contributed by atoms with Crippen molar-refractivity contribution in [3.63, 3.8) is 0 Å². The fourth-order valence-electron chi connectivity index (χ4n) is 3.71. The van der Waals surface area contributed by atoms with Crippen LogP contribution in [0.4, 0.5) is 5.82 Å². The summed E-state index contributed by atoms with van der Waals surface area (Å²) in [5, 5.41) is 0. The van der Waals surface area contributed by atoms with Gasteiger partial charge in [-0.2, -0.15) is 0 Å². The summed E-state index contributed by atoms with van der Waals surface area (Å²) in [7, 11) is 1.69. The van der Waals surface area contributed by atoms with Crippen LogP contribution >= 0.6 is 0 Å². The van der Waals surface area contributed by atoms with Crippen molar-refractivity contribution >= 4 is 5.82 Å². The van der Waals surface area contributed by atoms with Crippen molar-refractivity contribution in [1.82, 2.24) is 15.0 Å². The summed E-state index contributed by atoms with van der Waals surface area (Å²) in [4.78, 5) is 26.4. The molecule has 2 aromatic heterocycles. The fraction of sp³-hybridized carbons (Fsp3) is 0.318. The molecule has 1 fully saturated rings. The molecular formula is C22H24N4O2. The summed E-state index contributed by atoms with van der Waals surface area (Å²) in [5.74, 6) is 2.36. The Hall–Kier alpha value is -3.15. The number of benzene rings is 1. The molecular weight excluding hydrogens is 352 g/mol. The molecule has 1 aliphatic rings. The molecule has 1 saturated heterocycles. The Balaban J connectivity index is 1.62.